The zero-order chi connectivity index (χ0) is 11.0. The van der Waals surface area contributed by atoms with E-state index in [0.717, 1.165) is 24.9 Å². The van der Waals surface area contributed by atoms with E-state index in [1.165, 1.54) is 12.0 Å². The lowest BCUT2D eigenvalue weighted by molar-refractivity contribution is -0.153. The summed E-state index contributed by atoms with van der Waals surface area (Å²) in [5.41, 5.74) is 2.27. The second kappa shape index (κ2) is 3.81. The Balaban J connectivity index is 1.64. The standard InChI is InChI=1S/C13H15NO2/c15-13(16-10-5-3-6-10)12-8-9-4-1-2-7-11(9)14-12/h1-2,4,7,10,12,14H,3,5-6,8H2. The predicted octanol–water partition coefficient (Wildman–Crippen LogP) is 2.12. The van der Waals surface area contributed by atoms with Crippen LogP contribution in [0.15, 0.2) is 24.3 Å². The van der Waals surface area contributed by atoms with Crippen LogP contribution in [0.2, 0.25) is 0 Å². The Hall–Kier alpha value is -1.51. The lowest BCUT2D eigenvalue weighted by atomic mass is 9.96. The number of hydrogen-bond donors (Lipinski definition) is 1. The van der Waals surface area contributed by atoms with Gasteiger partial charge in [0.25, 0.3) is 0 Å². The molecule has 3 heteroatoms. The second-order valence-corrected chi connectivity index (χ2v) is 4.55. The average Bonchev–Trinajstić information content (AvgIpc) is 2.66. The Morgan fingerprint density at radius 3 is 2.81 bits per heavy atom. The van der Waals surface area contributed by atoms with Crippen LogP contribution < -0.4 is 5.32 Å². The molecule has 1 aromatic rings. The lowest BCUT2D eigenvalue weighted by Gasteiger charge is -2.26. The quantitative estimate of drug-likeness (QED) is 0.771. The highest BCUT2D eigenvalue weighted by atomic mass is 16.5. The molecule has 1 unspecified atom stereocenters. The van der Waals surface area contributed by atoms with E-state index in [1.54, 1.807) is 0 Å². The van der Waals surface area contributed by atoms with Gasteiger partial charge in [-0.25, -0.2) is 4.79 Å². The minimum Gasteiger partial charge on any atom is -0.461 e. The van der Waals surface area contributed by atoms with Gasteiger partial charge in [0, 0.05) is 12.1 Å². The van der Waals surface area contributed by atoms with Crippen molar-refractivity contribution in [3.63, 3.8) is 0 Å². The molecule has 0 aromatic heterocycles. The molecule has 16 heavy (non-hydrogen) atoms. The summed E-state index contributed by atoms with van der Waals surface area (Å²) in [5.74, 6) is -0.0964. The number of carbonyl (C=O) groups is 1. The Morgan fingerprint density at radius 2 is 2.12 bits per heavy atom. The molecule has 0 amide bonds. The van der Waals surface area contributed by atoms with Crippen molar-refractivity contribution in [1.29, 1.82) is 0 Å². The maximum Gasteiger partial charge on any atom is 0.329 e. The topological polar surface area (TPSA) is 38.3 Å². The number of rotatable bonds is 2. The van der Waals surface area contributed by atoms with Crippen molar-refractivity contribution in [1.82, 2.24) is 0 Å². The number of para-hydroxylation sites is 1. The second-order valence-electron chi connectivity index (χ2n) is 4.55. The normalized spacial score (nSPS) is 23.1. The fourth-order valence-electron chi connectivity index (χ4n) is 2.18. The van der Waals surface area contributed by atoms with E-state index in [4.69, 9.17) is 4.74 Å². The number of fused-ring (bicyclic) bond motifs is 1. The van der Waals surface area contributed by atoms with Gasteiger partial charge in [-0.1, -0.05) is 18.2 Å². The van der Waals surface area contributed by atoms with Gasteiger partial charge >= 0.3 is 5.97 Å². The van der Waals surface area contributed by atoms with Crippen LogP contribution >= 0.6 is 0 Å². The van der Waals surface area contributed by atoms with Crippen LogP contribution in [0.1, 0.15) is 24.8 Å². The Morgan fingerprint density at radius 1 is 1.31 bits per heavy atom. The number of ether oxygens (including phenoxy) is 1. The van der Waals surface area contributed by atoms with E-state index in [9.17, 15) is 4.79 Å². The van der Waals surface area contributed by atoms with Gasteiger partial charge in [0.15, 0.2) is 0 Å². The molecule has 2 aliphatic rings. The molecule has 0 bridgehead atoms. The first-order valence-electron chi connectivity index (χ1n) is 5.88. The molecular formula is C13H15NO2. The summed E-state index contributed by atoms with van der Waals surface area (Å²) in [4.78, 5) is 11.8. The summed E-state index contributed by atoms with van der Waals surface area (Å²) in [6.07, 6.45) is 4.19. The number of hydrogen-bond acceptors (Lipinski definition) is 3. The first-order valence-corrected chi connectivity index (χ1v) is 5.88. The van der Waals surface area contributed by atoms with E-state index in [2.05, 4.69) is 11.4 Å². The van der Waals surface area contributed by atoms with Crippen LogP contribution in [0.5, 0.6) is 0 Å². The third-order valence-corrected chi connectivity index (χ3v) is 3.39. The van der Waals surface area contributed by atoms with E-state index in [1.807, 2.05) is 18.2 Å². The summed E-state index contributed by atoms with van der Waals surface area (Å²) in [5, 5.41) is 3.21. The van der Waals surface area contributed by atoms with Crippen molar-refractivity contribution in [2.75, 3.05) is 5.32 Å². The maximum absolute atomic E-state index is 11.8. The van der Waals surface area contributed by atoms with Crippen molar-refractivity contribution >= 4 is 11.7 Å². The molecule has 1 N–H and O–H groups in total. The van der Waals surface area contributed by atoms with E-state index in [-0.39, 0.29) is 18.1 Å². The zero-order valence-corrected chi connectivity index (χ0v) is 9.11. The SMILES string of the molecule is O=C(OC1CCC1)C1Cc2ccccc2N1. The molecule has 1 aromatic carbocycles. The van der Waals surface area contributed by atoms with Crippen molar-refractivity contribution in [2.24, 2.45) is 0 Å². The molecule has 84 valence electrons. The van der Waals surface area contributed by atoms with Gasteiger partial charge in [-0.2, -0.15) is 0 Å². The van der Waals surface area contributed by atoms with Gasteiger partial charge in [-0.05, 0) is 30.9 Å². The van der Waals surface area contributed by atoms with Crippen LogP contribution in [0.4, 0.5) is 5.69 Å². The summed E-state index contributed by atoms with van der Waals surface area (Å²) in [7, 11) is 0. The van der Waals surface area contributed by atoms with E-state index in [0.29, 0.717) is 0 Å². The van der Waals surface area contributed by atoms with Gasteiger partial charge in [-0.15, -0.1) is 0 Å². The largest absolute Gasteiger partial charge is 0.461 e. The smallest absolute Gasteiger partial charge is 0.329 e. The van der Waals surface area contributed by atoms with Gasteiger partial charge in [0.2, 0.25) is 0 Å². The molecule has 1 heterocycles. The van der Waals surface area contributed by atoms with E-state index < -0.39 is 0 Å². The van der Waals surface area contributed by atoms with E-state index >= 15 is 0 Å². The molecule has 0 spiro atoms. The fraction of sp³-hybridized carbons (Fsp3) is 0.462. The summed E-state index contributed by atoms with van der Waals surface area (Å²) >= 11 is 0. The molecular weight excluding hydrogens is 202 g/mol. The highest BCUT2D eigenvalue weighted by Crippen LogP contribution is 2.28. The fourth-order valence-corrected chi connectivity index (χ4v) is 2.18. The summed E-state index contributed by atoms with van der Waals surface area (Å²) in [6.45, 7) is 0. The molecule has 1 aliphatic carbocycles. The molecule has 1 fully saturated rings. The monoisotopic (exact) mass is 217 g/mol. The van der Waals surface area contributed by atoms with Crippen molar-refractivity contribution < 1.29 is 9.53 Å². The minimum atomic E-state index is -0.182. The minimum absolute atomic E-state index is 0.0964. The Labute approximate surface area is 94.8 Å². The number of esters is 1. The predicted molar refractivity (Wildman–Crippen MR) is 61.3 cm³/mol. The molecule has 1 aliphatic heterocycles. The molecule has 3 rings (SSSR count). The summed E-state index contributed by atoms with van der Waals surface area (Å²) < 4.78 is 5.40. The van der Waals surface area contributed by atoms with Crippen LogP contribution in [-0.4, -0.2) is 18.1 Å². The van der Waals surface area contributed by atoms with Crippen molar-refractivity contribution in [3.8, 4) is 0 Å². The summed E-state index contributed by atoms with van der Waals surface area (Å²) in [6, 6.07) is 7.86. The number of carbonyl (C=O) groups excluding carboxylic acids is 1. The molecule has 1 saturated carbocycles. The highest BCUT2D eigenvalue weighted by Gasteiger charge is 2.30. The zero-order valence-electron chi connectivity index (χ0n) is 9.11. The van der Waals surface area contributed by atoms with Gasteiger partial charge in [0.1, 0.15) is 12.1 Å². The van der Waals surface area contributed by atoms with Gasteiger partial charge < -0.3 is 10.1 Å². The van der Waals surface area contributed by atoms with Gasteiger partial charge in [0.05, 0.1) is 0 Å². The molecule has 0 radical (unpaired) electrons. The number of nitrogens with one attached hydrogen (secondary N) is 1. The average molecular weight is 217 g/mol. The number of benzene rings is 1. The lowest BCUT2D eigenvalue weighted by Crippen LogP contribution is -2.34. The van der Waals surface area contributed by atoms with Gasteiger partial charge in [-0.3, -0.25) is 0 Å². The Kier molecular flexibility index (Phi) is 2.31. The highest BCUT2D eigenvalue weighted by molar-refractivity contribution is 5.83. The van der Waals surface area contributed by atoms with Crippen LogP contribution in [0.25, 0.3) is 0 Å². The first kappa shape index (κ1) is 9.70. The molecule has 1 atom stereocenters. The van der Waals surface area contributed by atoms with Crippen LogP contribution in [0, 0.1) is 0 Å². The molecule has 0 saturated heterocycles. The maximum atomic E-state index is 11.8. The third-order valence-electron chi connectivity index (χ3n) is 3.39. The van der Waals surface area contributed by atoms with Crippen molar-refractivity contribution in [3.05, 3.63) is 29.8 Å². The molecule has 3 nitrogen and oxygen atoms in total. The Bertz CT molecular complexity index is 387. The van der Waals surface area contributed by atoms with Crippen LogP contribution in [0.3, 0.4) is 0 Å². The third kappa shape index (κ3) is 1.66. The number of anilines is 1. The van der Waals surface area contributed by atoms with Crippen LogP contribution in [-0.2, 0) is 16.0 Å². The van der Waals surface area contributed by atoms with Crippen molar-refractivity contribution in [2.45, 2.75) is 37.8 Å². The first-order chi connectivity index (χ1) is 7.83.